The van der Waals surface area contributed by atoms with Crippen molar-refractivity contribution in [2.45, 2.75) is 45.1 Å². The summed E-state index contributed by atoms with van der Waals surface area (Å²) >= 11 is 0. The molecule has 2 N–H and O–H groups in total. The van der Waals surface area contributed by atoms with Gasteiger partial charge in [0.25, 0.3) is 0 Å². The predicted molar refractivity (Wildman–Crippen MR) is 89.2 cm³/mol. The first-order valence-electron chi connectivity index (χ1n) is 8.82. The summed E-state index contributed by atoms with van der Waals surface area (Å²) in [5.74, 6) is 3.52. The molecule has 3 heterocycles. The zero-order valence-electron chi connectivity index (χ0n) is 13.5. The van der Waals surface area contributed by atoms with Crippen LogP contribution in [-0.4, -0.2) is 42.2 Å². The highest BCUT2D eigenvalue weighted by molar-refractivity contribution is 5.47. The van der Waals surface area contributed by atoms with Crippen molar-refractivity contribution < 1.29 is 0 Å². The van der Waals surface area contributed by atoms with Gasteiger partial charge in [0.15, 0.2) is 0 Å². The van der Waals surface area contributed by atoms with E-state index in [1.54, 1.807) is 0 Å². The molecule has 22 heavy (non-hydrogen) atoms. The molecule has 0 spiro atoms. The van der Waals surface area contributed by atoms with Crippen molar-refractivity contribution in [3.63, 3.8) is 0 Å². The Kier molecular flexibility index (Phi) is 3.68. The van der Waals surface area contributed by atoms with Gasteiger partial charge in [-0.2, -0.15) is 4.98 Å². The second-order valence-corrected chi connectivity index (χ2v) is 7.29. The molecule has 2 aliphatic heterocycles. The van der Waals surface area contributed by atoms with Crippen molar-refractivity contribution >= 4 is 11.8 Å². The Hall–Kier alpha value is -1.36. The number of rotatable bonds is 3. The van der Waals surface area contributed by atoms with Crippen LogP contribution in [0.25, 0.3) is 0 Å². The average molecular weight is 301 g/mol. The predicted octanol–water partition coefficient (Wildman–Crippen LogP) is 1.95. The third-order valence-corrected chi connectivity index (χ3v) is 5.43. The molecular formula is C17H27N5. The molecule has 0 unspecified atom stereocenters. The van der Waals surface area contributed by atoms with E-state index in [1.807, 2.05) is 0 Å². The minimum Gasteiger partial charge on any atom is -0.355 e. The number of nitrogens with two attached hydrogens (primary N) is 1. The van der Waals surface area contributed by atoms with Gasteiger partial charge in [0, 0.05) is 44.0 Å². The minimum absolute atomic E-state index is 0.307. The van der Waals surface area contributed by atoms with Crippen LogP contribution in [-0.2, 0) is 0 Å². The first-order valence-corrected chi connectivity index (χ1v) is 8.82. The summed E-state index contributed by atoms with van der Waals surface area (Å²) in [5.41, 5.74) is 7.43. The van der Waals surface area contributed by atoms with Gasteiger partial charge in [0.2, 0.25) is 5.95 Å². The number of aromatic nitrogens is 2. The second kappa shape index (κ2) is 5.69. The molecule has 5 heteroatoms. The number of hydrogen-bond donors (Lipinski definition) is 1. The van der Waals surface area contributed by atoms with E-state index in [1.165, 1.54) is 32.1 Å². The quantitative estimate of drug-likeness (QED) is 0.924. The van der Waals surface area contributed by atoms with Crippen molar-refractivity contribution in [2.24, 2.45) is 17.6 Å². The molecule has 0 amide bonds. The molecule has 0 aromatic carbocycles. The Labute approximate surface area is 132 Å². The molecule has 0 bridgehead atoms. The summed E-state index contributed by atoms with van der Waals surface area (Å²) < 4.78 is 0. The zero-order valence-corrected chi connectivity index (χ0v) is 13.5. The number of anilines is 2. The highest BCUT2D eigenvalue weighted by atomic mass is 15.3. The lowest BCUT2D eigenvalue weighted by atomic mass is 9.99. The lowest BCUT2D eigenvalue weighted by Gasteiger charge is -2.28. The maximum absolute atomic E-state index is 6.37. The van der Waals surface area contributed by atoms with Crippen LogP contribution in [0.15, 0.2) is 6.07 Å². The lowest BCUT2D eigenvalue weighted by molar-refractivity contribution is 0.456. The van der Waals surface area contributed by atoms with E-state index in [0.717, 1.165) is 49.6 Å². The largest absolute Gasteiger partial charge is 0.355 e. The lowest BCUT2D eigenvalue weighted by Crippen LogP contribution is -2.32. The summed E-state index contributed by atoms with van der Waals surface area (Å²) in [6.45, 7) is 6.27. The van der Waals surface area contributed by atoms with Gasteiger partial charge >= 0.3 is 0 Å². The fourth-order valence-corrected chi connectivity index (χ4v) is 4.00. The van der Waals surface area contributed by atoms with Crippen LogP contribution in [0.4, 0.5) is 11.8 Å². The third-order valence-electron chi connectivity index (χ3n) is 5.43. The molecule has 120 valence electrons. The van der Waals surface area contributed by atoms with Crippen LogP contribution >= 0.6 is 0 Å². The number of nitrogens with zero attached hydrogens (tertiary/aromatic N) is 4. The molecule has 2 saturated heterocycles. The monoisotopic (exact) mass is 301 g/mol. The molecule has 2 atom stereocenters. The number of aryl methyl sites for hydroxylation is 1. The Morgan fingerprint density at radius 3 is 2.55 bits per heavy atom. The van der Waals surface area contributed by atoms with Crippen molar-refractivity contribution in [3.8, 4) is 0 Å². The van der Waals surface area contributed by atoms with E-state index in [-0.39, 0.29) is 0 Å². The van der Waals surface area contributed by atoms with Gasteiger partial charge in [-0.1, -0.05) is 0 Å². The molecule has 0 radical (unpaired) electrons. The van der Waals surface area contributed by atoms with Crippen molar-refractivity contribution in [3.05, 3.63) is 11.8 Å². The average Bonchev–Trinajstić information content (AvgIpc) is 3.30. The van der Waals surface area contributed by atoms with Gasteiger partial charge in [-0.25, -0.2) is 4.98 Å². The van der Waals surface area contributed by atoms with Crippen LogP contribution < -0.4 is 15.5 Å². The summed E-state index contributed by atoms with van der Waals surface area (Å²) in [7, 11) is 0. The Balaban J connectivity index is 1.55. The number of hydrogen-bond acceptors (Lipinski definition) is 5. The van der Waals surface area contributed by atoms with E-state index < -0.39 is 0 Å². The van der Waals surface area contributed by atoms with Crippen LogP contribution in [0.5, 0.6) is 0 Å². The fourth-order valence-electron chi connectivity index (χ4n) is 4.00. The van der Waals surface area contributed by atoms with Crippen LogP contribution in [0.3, 0.4) is 0 Å². The molecular weight excluding hydrogens is 274 g/mol. The molecule has 1 aromatic rings. The maximum Gasteiger partial charge on any atom is 0.227 e. The standard InChI is InChI=1S/C17H27N5/c1-12-9-16(20-17(19-12)21-7-3-2-4-8-21)22-10-14(13-5-6-13)15(18)11-22/h9,13-15H,2-8,10-11,18H2,1H3/t14-,15+/m1/s1. The topological polar surface area (TPSA) is 58.3 Å². The van der Waals surface area contributed by atoms with E-state index in [4.69, 9.17) is 10.7 Å². The van der Waals surface area contributed by atoms with E-state index in [9.17, 15) is 0 Å². The van der Waals surface area contributed by atoms with Gasteiger partial charge < -0.3 is 15.5 Å². The molecule has 3 aliphatic rings. The van der Waals surface area contributed by atoms with Gasteiger partial charge in [-0.15, -0.1) is 0 Å². The van der Waals surface area contributed by atoms with E-state index >= 15 is 0 Å². The molecule has 1 aromatic heterocycles. The first kappa shape index (κ1) is 14.2. The highest BCUT2D eigenvalue weighted by Crippen LogP contribution is 2.41. The van der Waals surface area contributed by atoms with Gasteiger partial charge in [-0.3, -0.25) is 0 Å². The zero-order chi connectivity index (χ0) is 15.1. The first-order chi connectivity index (χ1) is 10.7. The Morgan fingerprint density at radius 2 is 1.82 bits per heavy atom. The Morgan fingerprint density at radius 1 is 1.05 bits per heavy atom. The van der Waals surface area contributed by atoms with Crippen LogP contribution in [0.1, 0.15) is 37.8 Å². The molecule has 5 nitrogen and oxygen atoms in total. The van der Waals surface area contributed by atoms with Crippen LogP contribution in [0.2, 0.25) is 0 Å². The van der Waals surface area contributed by atoms with Gasteiger partial charge in [0.1, 0.15) is 5.82 Å². The normalized spacial score (nSPS) is 29.2. The summed E-state index contributed by atoms with van der Waals surface area (Å²) in [6, 6.07) is 2.43. The van der Waals surface area contributed by atoms with Gasteiger partial charge in [-0.05, 0) is 50.9 Å². The fraction of sp³-hybridized carbons (Fsp3) is 0.765. The molecule has 1 aliphatic carbocycles. The molecule has 4 rings (SSSR count). The van der Waals surface area contributed by atoms with Crippen molar-refractivity contribution in [1.29, 1.82) is 0 Å². The van der Waals surface area contributed by atoms with Crippen molar-refractivity contribution in [1.82, 2.24) is 9.97 Å². The summed E-state index contributed by atoms with van der Waals surface area (Å²) in [6.07, 6.45) is 6.58. The summed E-state index contributed by atoms with van der Waals surface area (Å²) in [4.78, 5) is 14.3. The summed E-state index contributed by atoms with van der Waals surface area (Å²) in [5, 5.41) is 0. The second-order valence-electron chi connectivity index (χ2n) is 7.29. The van der Waals surface area contributed by atoms with E-state index in [0.29, 0.717) is 12.0 Å². The minimum atomic E-state index is 0.307. The molecule has 1 saturated carbocycles. The Bertz CT molecular complexity index is 536. The number of piperidine rings is 1. The SMILES string of the molecule is Cc1cc(N2C[C@H](C3CC3)[C@@H](N)C2)nc(N2CCCCC2)n1. The highest BCUT2D eigenvalue weighted by Gasteiger charge is 2.41. The maximum atomic E-state index is 6.37. The smallest absolute Gasteiger partial charge is 0.227 e. The third kappa shape index (κ3) is 2.78. The van der Waals surface area contributed by atoms with E-state index in [2.05, 4.69) is 27.8 Å². The van der Waals surface area contributed by atoms with Crippen molar-refractivity contribution in [2.75, 3.05) is 36.0 Å². The van der Waals surface area contributed by atoms with Crippen LogP contribution in [0, 0.1) is 18.8 Å². The molecule has 3 fully saturated rings. The van der Waals surface area contributed by atoms with Gasteiger partial charge in [0.05, 0.1) is 0 Å².